The second-order valence-electron chi connectivity index (χ2n) is 4.69. The van der Waals surface area contributed by atoms with E-state index in [0.717, 1.165) is 27.2 Å². The van der Waals surface area contributed by atoms with Crippen molar-refractivity contribution in [3.63, 3.8) is 0 Å². The summed E-state index contributed by atoms with van der Waals surface area (Å²) in [4.78, 5) is 4.63. The molecular weight excluding hydrogens is 234 g/mol. The number of rotatable bonds is 0. The highest BCUT2D eigenvalue weighted by atomic mass is 16.3. The number of hydrogen-bond acceptors (Lipinski definition) is 2. The number of fused-ring (bicyclic) bond motifs is 4. The lowest BCUT2D eigenvalue weighted by atomic mass is 10.0. The Kier molecular flexibility index (Phi) is 2.00. The molecule has 1 aromatic heterocycles. The van der Waals surface area contributed by atoms with Crippen LogP contribution in [0, 0.1) is 0 Å². The quantitative estimate of drug-likeness (QED) is 0.371. The van der Waals surface area contributed by atoms with Gasteiger partial charge in [0.15, 0.2) is 0 Å². The highest BCUT2D eigenvalue weighted by Gasteiger charge is 2.06. The molecule has 0 aliphatic carbocycles. The SMILES string of the molecule is Oc1cccc2nc3ccc4ccccc4c3cc12. The number of hydrogen-bond donors (Lipinski definition) is 1. The van der Waals surface area contributed by atoms with Crippen molar-refractivity contribution in [3.8, 4) is 5.75 Å². The molecule has 0 saturated heterocycles. The van der Waals surface area contributed by atoms with Crippen LogP contribution < -0.4 is 0 Å². The highest BCUT2D eigenvalue weighted by Crippen LogP contribution is 2.30. The van der Waals surface area contributed by atoms with Gasteiger partial charge in [-0.1, -0.05) is 36.4 Å². The van der Waals surface area contributed by atoms with E-state index in [-0.39, 0.29) is 5.75 Å². The smallest absolute Gasteiger partial charge is 0.124 e. The van der Waals surface area contributed by atoms with Gasteiger partial charge in [0.2, 0.25) is 0 Å². The van der Waals surface area contributed by atoms with Crippen molar-refractivity contribution in [2.45, 2.75) is 0 Å². The van der Waals surface area contributed by atoms with E-state index >= 15 is 0 Å². The molecule has 0 aliphatic heterocycles. The molecule has 0 amide bonds. The summed E-state index contributed by atoms with van der Waals surface area (Å²) in [7, 11) is 0. The average molecular weight is 245 g/mol. The van der Waals surface area contributed by atoms with E-state index in [4.69, 9.17) is 0 Å². The van der Waals surface area contributed by atoms with Crippen LogP contribution in [0.25, 0.3) is 32.6 Å². The Morgan fingerprint density at radius 2 is 1.53 bits per heavy atom. The summed E-state index contributed by atoms with van der Waals surface area (Å²) >= 11 is 0. The standard InChI is InChI=1S/C17H11NO/c19-17-7-3-6-15-14(17)10-13-12-5-2-1-4-11(12)8-9-16(13)18-15/h1-10,19H. The van der Waals surface area contributed by atoms with Gasteiger partial charge in [-0.15, -0.1) is 0 Å². The second-order valence-corrected chi connectivity index (χ2v) is 4.69. The molecule has 2 heteroatoms. The lowest BCUT2D eigenvalue weighted by molar-refractivity contribution is 0.481. The first-order valence-corrected chi connectivity index (χ1v) is 6.23. The molecule has 19 heavy (non-hydrogen) atoms. The maximum absolute atomic E-state index is 9.96. The zero-order valence-electron chi connectivity index (χ0n) is 10.2. The molecule has 0 saturated carbocycles. The van der Waals surface area contributed by atoms with Crippen molar-refractivity contribution in [1.82, 2.24) is 4.98 Å². The van der Waals surface area contributed by atoms with Crippen molar-refractivity contribution in [2.75, 3.05) is 0 Å². The van der Waals surface area contributed by atoms with Crippen molar-refractivity contribution in [1.29, 1.82) is 0 Å². The Bertz CT molecular complexity index is 928. The van der Waals surface area contributed by atoms with Gasteiger partial charge >= 0.3 is 0 Å². The fourth-order valence-electron chi connectivity index (χ4n) is 2.59. The lowest BCUT2D eigenvalue weighted by Crippen LogP contribution is -1.84. The van der Waals surface area contributed by atoms with E-state index in [1.165, 1.54) is 5.39 Å². The Morgan fingerprint density at radius 3 is 2.47 bits per heavy atom. The molecule has 1 heterocycles. The van der Waals surface area contributed by atoms with Gasteiger partial charge in [-0.3, -0.25) is 0 Å². The lowest BCUT2D eigenvalue weighted by Gasteiger charge is -2.06. The monoisotopic (exact) mass is 245 g/mol. The Hall–Kier alpha value is -2.61. The molecule has 0 unspecified atom stereocenters. The summed E-state index contributed by atoms with van der Waals surface area (Å²) in [6.07, 6.45) is 0. The summed E-state index contributed by atoms with van der Waals surface area (Å²) in [5, 5.41) is 14.2. The molecule has 1 N–H and O–H groups in total. The summed E-state index contributed by atoms with van der Waals surface area (Å²) < 4.78 is 0. The van der Waals surface area contributed by atoms with E-state index in [1.807, 2.05) is 36.4 Å². The Morgan fingerprint density at radius 1 is 0.684 bits per heavy atom. The summed E-state index contributed by atoms with van der Waals surface area (Å²) in [6.45, 7) is 0. The van der Waals surface area contributed by atoms with Crippen molar-refractivity contribution in [2.24, 2.45) is 0 Å². The zero-order valence-corrected chi connectivity index (χ0v) is 10.2. The van der Waals surface area contributed by atoms with Gasteiger partial charge in [0.25, 0.3) is 0 Å². The van der Waals surface area contributed by atoms with Crippen LogP contribution in [0.1, 0.15) is 0 Å². The summed E-state index contributed by atoms with van der Waals surface area (Å²) in [5.74, 6) is 0.278. The summed E-state index contributed by atoms with van der Waals surface area (Å²) in [6, 6.07) is 19.8. The van der Waals surface area contributed by atoms with Gasteiger partial charge in [-0.05, 0) is 35.0 Å². The van der Waals surface area contributed by atoms with Gasteiger partial charge in [-0.25, -0.2) is 4.98 Å². The molecule has 2 nitrogen and oxygen atoms in total. The van der Waals surface area contributed by atoms with Gasteiger partial charge in [-0.2, -0.15) is 0 Å². The van der Waals surface area contributed by atoms with Gasteiger partial charge in [0, 0.05) is 10.8 Å². The first-order chi connectivity index (χ1) is 9.33. The fourth-order valence-corrected chi connectivity index (χ4v) is 2.59. The molecule has 0 fully saturated rings. The highest BCUT2D eigenvalue weighted by molar-refractivity contribution is 6.10. The molecule has 3 aromatic carbocycles. The number of phenols is 1. The largest absolute Gasteiger partial charge is 0.507 e. The molecule has 0 atom stereocenters. The molecule has 0 spiro atoms. The molecule has 0 aliphatic rings. The predicted octanol–water partition coefficient (Wildman–Crippen LogP) is 4.25. The average Bonchev–Trinajstić information content (AvgIpc) is 2.46. The third-order valence-corrected chi connectivity index (χ3v) is 3.54. The van der Waals surface area contributed by atoms with Crippen LogP contribution in [0.15, 0.2) is 60.7 Å². The van der Waals surface area contributed by atoms with Gasteiger partial charge < -0.3 is 5.11 Å². The predicted molar refractivity (Wildman–Crippen MR) is 78.4 cm³/mol. The van der Waals surface area contributed by atoms with Crippen molar-refractivity contribution in [3.05, 3.63) is 60.7 Å². The van der Waals surface area contributed by atoms with E-state index in [1.54, 1.807) is 6.07 Å². The van der Waals surface area contributed by atoms with E-state index in [0.29, 0.717) is 0 Å². The second kappa shape index (κ2) is 3.69. The van der Waals surface area contributed by atoms with Gasteiger partial charge in [0.05, 0.1) is 11.0 Å². The maximum atomic E-state index is 9.96. The van der Waals surface area contributed by atoms with Crippen LogP contribution in [-0.4, -0.2) is 10.1 Å². The first kappa shape index (κ1) is 10.3. The zero-order chi connectivity index (χ0) is 12.8. The normalized spacial score (nSPS) is 11.4. The number of nitrogens with zero attached hydrogens (tertiary/aromatic N) is 1. The summed E-state index contributed by atoms with van der Waals surface area (Å²) in [5.41, 5.74) is 1.78. The van der Waals surface area contributed by atoms with Crippen LogP contribution in [0.4, 0.5) is 0 Å². The topological polar surface area (TPSA) is 33.1 Å². The molecule has 0 radical (unpaired) electrons. The number of phenolic OH excluding ortho intramolecular Hbond substituents is 1. The van der Waals surface area contributed by atoms with E-state index < -0.39 is 0 Å². The molecule has 90 valence electrons. The van der Waals surface area contributed by atoms with Crippen LogP contribution in [-0.2, 0) is 0 Å². The third-order valence-electron chi connectivity index (χ3n) is 3.54. The minimum absolute atomic E-state index is 0.278. The Balaban J connectivity index is 2.27. The number of aromatic nitrogens is 1. The van der Waals surface area contributed by atoms with Gasteiger partial charge in [0.1, 0.15) is 5.75 Å². The van der Waals surface area contributed by atoms with Crippen LogP contribution in [0.3, 0.4) is 0 Å². The van der Waals surface area contributed by atoms with E-state index in [9.17, 15) is 5.11 Å². The van der Waals surface area contributed by atoms with Crippen molar-refractivity contribution < 1.29 is 5.11 Å². The van der Waals surface area contributed by atoms with E-state index in [2.05, 4.69) is 23.2 Å². The van der Waals surface area contributed by atoms with Crippen LogP contribution >= 0.6 is 0 Å². The minimum atomic E-state index is 0.278. The minimum Gasteiger partial charge on any atom is -0.507 e. The molecular formula is C17H11NO. The number of benzene rings is 3. The first-order valence-electron chi connectivity index (χ1n) is 6.23. The molecule has 4 aromatic rings. The maximum Gasteiger partial charge on any atom is 0.124 e. The van der Waals surface area contributed by atoms with Crippen molar-refractivity contribution >= 4 is 32.6 Å². The third kappa shape index (κ3) is 1.47. The molecule has 0 bridgehead atoms. The Labute approximate surface area is 109 Å². The van der Waals surface area contributed by atoms with Crippen LogP contribution in [0.5, 0.6) is 5.75 Å². The molecule has 4 rings (SSSR count). The number of aromatic hydroxyl groups is 1. The fraction of sp³-hybridized carbons (Fsp3) is 0. The number of pyridine rings is 1. The van der Waals surface area contributed by atoms with Crippen LogP contribution in [0.2, 0.25) is 0 Å².